The number of nitrogens with two attached hydrogens (primary N) is 1. The van der Waals surface area contributed by atoms with Crippen LogP contribution in [0.25, 0.3) is 0 Å². The maximum Gasteiger partial charge on any atom is 0.228 e. The molecule has 2 rings (SSSR count). The van der Waals surface area contributed by atoms with Crippen molar-refractivity contribution in [3.63, 3.8) is 0 Å². The predicted octanol–water partition coefficient (Wildman–Crippen LogP) is 2.47. The lowest BCUT2D eigenvalue weighted by Crippen LogP contribution is -2.14. The first-order valence-corrected chi connectivity index (χ1v) is 6.00. The Kier molecular flexibility index (Phi) is 4.26. The standard InChI is InChI=1S/C15H15FN2O/c16-13-2-1-3-14(9-13)18-15(19)8-11-4-6-12(10-17)7-5-11/h1-7,9H,8,10,17H2,(H,18,19). The van der Waals surface area contributed by atoms with E-state index in [-0.39, 0.29) is 18.1 Å². The van der Waals surface area contributed by atoms with Crippen molar-refractivity contribution in [2.24, 2.45) is 5.73 Å². The van der Waals surface area contributed by atoms with Gasteiger partial charge in [-0.05, 0) is 29.3 Å². The van der Waals surface area contributed by atoms with E-state index in [9.17, 15) is 9.18 Å². The van der Waals surface area contributed by atoms with E-state index in [1.807, 2.05) is 24.3 Å². The van der Waals surface area contributed by atoms with E-state index in [0.29, 0.717) is 12.2 Å². The molecule has 3 N–H and O–H groups in total. The van der Waals surface area contributed by atoms with Crippen LogP contribution in [0.5, 0.6) is 0 Å². The lowest BCUT2D eigenvalue weighted by molar-refractivity contribution is -0.115. The van der Waals surface area contributed by atoms with Gasteiger partial charge in [0.2, 0.25) is 5.91 Å². The Hall–Kier alpha value is -2.20. The Balaban J connectivity index is 1.97. The van der Waals surface area contributed by atoms with Gasteiger partial charge in [0, 0.05) is 12.2 Å². The van der Waals surface area contributed by atoms with Gasteiger partial charge >= 0.3 is 0 Å². The Morgan fingerprint density at radius 1 is 1.11 bits per heavy atom. The molecule has 0 saturated heterocycles. The number of amides is 1. The van der Waals surface area contributed by atoms with Crippen LogP contribution >= 0.6 is 0 Å². The molecule has 0 fully saturated rings. The van der Waals surface area contributed by atoms with Crippen LogP contribution in [0, 0.1) is 5.82 Å². The molecule has 1 amide bonds. The summed E-state index contributed by atoms with van der Waals surface area (Å²) in [7, 11) is 0. The zero-order valence-electron chi connectivity index (χ0n) is 10.4. The van der Waals surface area contributed by atoms with Crippen molar-refractivity contribution >= 4 is 11.6 Å². The number of anilines is 1. The predicted molar refractivity (Wildman–Crippen MR) is 73.1 cm³/mol. The van der Waals surface area contributed by atoms with Crippen LogP contribution in [-0.2, 0) is 17.8 Å². The fourth-order valence-corrected chi connectivity index (χ4v) is 1.75. The second-order valence-electron chi connectivity index (χ2n) is 4.26. The highest BCUT2D eigenvalue weighted by molar-refractivity contribution is 5.92. The van der Waals surface area contributed by atoms with E-state index in [2.05, 4.69) is 5.32 Å². The summed E-state index contributed by atoms with van der Waals surface area (Å²) in [5, 5.41) is 2.66. The molecule has 0 heterocycles. The largest absolute Gasteiger partial charge is 0.326 e. The van der Waals surface area contributed by atoms with Crippen molar-refractivity contribution in [1.82, 2.24) is 0 Å². The molecule has 0 atom stereocenters. The SMILES string of the molecule is NCc1ccc(CC(=O)Nc2cccc(F)c2)cc1. The van der Waals surface area contributed by atoms with E-state index < -0.39 is 0 Å². The molecule has 2 aromatic carbocycles. The molecule has 0 aliphatic heterocycles. The van der Waals surface area contributed by atoms with Gasteiger partial charge in [-0.1, -0.05) is 30.3 Å². The highest BCUT2D eigenvalue weighted by Crippen LogP contribution is 2.10. The zero-order chi connectivity index (χ0) is 13.7. The summed E-state index contributed by atoms with van der Waals surface area (Å²) in [6.45, 7) is 0.482. The molecule has 3 nitrogen and oxygen atoms in total. The summed E-state index contributed by atoms with van der Waals surface area (Å²) in [4.78, 5) is 11.8. The van der Waals surface area contributed by atoms with Crippen molar-refractivity contribution < 1.29 is 9.18 Å². The second-order valence-corrected chi connectivity index (χ2v) is 4.26. The quantitative estimate of drug-likeness (QED) is 0.885. The molecule has 98 valence electrons. The first-order chi connectivity index (χ1) is 9.17. The smallest absolute Gasteiger partial charge is 0.228 e. The molecular weight excluding hydrogens is 243 g/mol. The maximum absolute atomic E-state index is 13.0. The Bertz CT molecular complexity index is 567. The molecule has 0 radical (unpaired) electrons. The van der Waals surface area contributed by atoms with Gasteiger partial charge in [0.15, 0.2) is 0 Å². The second kappa shape index (κ2) is 6.11. The number of carbonyl (C=O) groups is 1. The first-order valence-electron chi connectivity index (χ1n) is 6.00. The summed E-state index contributed by atoms with van der Waals surface area (Å²) in [5.74, 6) is -0.545. The van der Waals surface area contributed by atoms with Gasteiger partial charge < -0.3 is 11.1 Å². The van der Waals surface area contributed by atoms with E-state index in [4.69, 9.17) is 5.73 Å². The average molecular weight is 258 g/mol. The summed E-state index contributed by atoms with van der Waals surface area (Å²) >= 11 is 0. The molecule has 2 aromatic rings. The number of nitrogens with one attached hydrogen (secondary N) is 1. The molecule has 0 spiro atoms. The normalized spacial score (nSPS) is 10.2. The lowest BCUT2D eigenvalue weighted by atomic mass is 10.1. The Morgan fingerprint density at radius 2 is 1.79 bits per heavy atom. The highest BCUT2D eigenvalue weighted by Gasteiger charge is 2.04. The number of hydrogen-bond donors (Lipinski definition) is 2. The number of carbonyl (C=O) groups excluding carboxylic acids is 1. The molecule has 0 unspecified atom stereocenters. The molecule has 4 heteroatoms. The molecule has 0 aromatic heterocycles. The molecule has 0 aliphatic carbocycles. The number of halogens is 1. The third kappa shape index (κ3) is 3.89. The van der Waals surface area contributed by atoms with Gasteiger partial charge in [-0.25, -0.2) is 4.39 Å². The van der Waals surface area contributed by atoms with Gasteiger partial charge in [-0.15, -0.1) is 0 Å². The molecule has 0 bridgehead atoms. The third-order valence-electron chi connectivity index (χ3n) is 2.73. The van der Waals surface area contributed by atoms with Crippen LogP contribution in [-0.4, -0.2) is 5.91 Å². The lowest BCUT2D eigenvalue weighted by Gasteiger charge is -2.06. The number of hydrogen-bond acceptors (Lipinski definition) is 2. The summed E-state index contributed by atoms with van der Waals surface area (Å²) < 4.78 is 13.0. The van der Waals surface area contributed by atoms with Crippen LogP contribution < -0.4 is 11.1 Å². The average Bonchev–Trinajstić information content (AvgIpc) is 2.39. The molecular formula is C15H15FN2O. The van der Waals surface area contributed by atoms with E-state index in [1.54, 1.807) is 12.1 Å². The summed E-state index contributed by atoms with van der Waals surface area (Å²) in [6, 6.07) is 13.4. The maximum atomic E-state index is 13.0. The van der Waals surface area contributed by atoms with Crippen molar-refractivity contribution in [1.29, 1.82) is 0 Å². The number of benzene rings is 2. The van der Waals surface area contributed by atoms with Crippen molar-refractivity contribution in [2.75, 3.05) is 5.32 Å². The minimum Gasteiger partial charge on any atom is -0.326 e. The van der Waals surface area contributed by atoms with Crippen molar-refractivity contribution in [3.8, 4) is 0 Å². The van der Waals surface area contributed by atoms with E-state index in [1.165, 1.54) is 12.1 Å². The fourth-order valence-electron chi connectivity index (χ4n) is 1.75. The van der Waals surface area contributed by atoms with Gasteiger partial charge in [0.05, 0.1) is 6.42 Å². The highest BCUT2D eigenvalue weighted by atomic mass is 19.1. The summed E-state index contributed by atoms with van der Waals surface area (Å²) in [6.07, 6.45) is 0.251. The van der Waals surface area contributed by atoms with Crippen LogP contribution in [0.2, 0.25) is 0 Å². The van der Waals surface area contributed by atoms with E-state index in [0.717, 1.165) is 11.1 Å². The van der Waals surface area contributed by atoms with Gasteiger partial charge in [0.25, 0.3) is 0 Å². The molecule has 19 heavy (non-hydrogen) atoms. The zero-order valence-corrected chi connectivity index (χ0v) is 10.4. The molecule has 0 aliphatic rings. The Morgan fingerprint density at radius 3 is 2.42 bits per heavy atom. The van der Waals surface area contributed by atoms with Gasteiger partial charge in [0.1, 0.15) is 5.82 Å². The minimum absolute atomic E-state index is 0.175. The monoisotopic (exact) mass is 258 g/mol. The first kappa shape index (κ1) is 13.2. The fraction of sp³-hybridized carbons (Fsp3) is 0.133. The molecule has 0 saturated carbocycles. The van der Waals surface area contributed by atoms with Crippen LogP contribution in [0.4, 0.5) is 10.1 Å². The minimum atomic E-state index is -0.370. The van der Waals surface area contributed by atoms with Crippen LogP contribution in [0.15, 0.2) is 48.5 Å². The van der Waals surface area contributed by atoms with Crippen molar-refractivity contribution in [3.05, 3.63) is 65.5 Å². The summed E-state index contributed by atoms with van der Waals surface area (Å²) in [5.41, 5.74) is 7.88. The van der Waals surface area contributed by atoms with Crippen LogP contribution in [0.3, 0.4) is 0 Å². The van der Waals surface area contributed by atoms with Gasteiger partial charge in [-0.3, -0.25) is 4.79 Å². The van der Waals surface area contributed by atoms with E-state index >= 15 is 0 Å². The Labute approximate surface area is 111 Å². The topological polar surface area (TPSA) is 55.1 Å². The number of rotatable bonds is 4. The third-order valence-corrected chi connectivity index (χ3v) is 2.73. The van der Waals surface area contributed by atoms with Crippen molar-refractivity contribution in [2.45, 2.75) is 13.0 Å². The van der Waals surface area contributed by atoms with Crippen LogP contribution in [0.1, 0.15) is 11.1 Å². The van der Waals surface area contributed by atoms with Gasteiger partial charge in [-0.2, -0.15) is 0 Å².